The number of nitrogens with zero attached hydrogens (tertiary/aromatic N) is 3. The SMILES string of the molecule is CCC1CCN(c2cnn(C)c2)CCCN1. The largest absolute Gasteiger partial charge is 0.369 e. The molecule has 2 rings (SSSR count). The number of hydrogen-bond acceptors (Lipinski definition) is 3. The molecular formula is C12H22N4. The Bertz CT molecular complexity index is 321. The Hall–Kier alpha value is -1.03. The van der Waals surface area contributed by atoms with Crippen molar-refractivity contribution >= 4 is 5.69 Å². The van der Waals surface area contributed by atoms with Crippen LogP contribution in [0.5, 0.6) is 0 Å². The van der Waals surface area contributed by atoms with E-state index in [9.17, 15) is 0 Å². The maximum absolute atomic E-state index is 4.24. The molecule has 0 saturated carbocycles. The van der Waals surface area contributed by atoms with E-state index in [0.717, 1.165) is 19.6 Å². The zero-order chi connectivity index (χ0) is 11.4. The van der Waals surface area contributed by atoms with E-state index in [-0.39, 0.29) is 0 Å². The van der Waals surface area contributed by atoms with Crippen LogP contribution in [0.25, 0.3) is 0 Å². The van der Waals surface area contributed by atoms with E-state index >= 15 is 0 Å². The summed E-state index contributed by atoms with van der Waals surface area (Å²) in [6, 6.07) is 0.680. The van der Waals surface area contributed by atoms with Gasteiger partial charge in [-0.05, 0) is 25.8 Å². The molecule has 4 nitrogen and oxygen atoms in total. The van der Waals surface area contributed by atoms with E-state index < -0.39 is 0 Å². The minimum Gasteiger partial charge on any atom is -0.369 e. The third kappa shape index (κ3) is 2.76. The Morgan fingerprint density at radius 3 is 3.06 bits per heavy atom. The van der Waals surface area contributed by atoms with Crippen LogP contribution in [-0.4, -0.2) is 35.5 Å². The lowest BCUT2D eigenvalue weighted by Crippen LogP contribution is -2.39. The van der Waals surface area contributed by atoms with Crippen LogP contribution in [0.4, 0.5) is 5.69 Å². The van der Waals surface area contributed by atoms with Crippen molar-refractivity contribution in [1.82, 2.24) is 15.1 Å². The normalized spacial score (nSPS) is 22.9. The van der Waals surface area contributed by atoms with Crippen LogP contribution in [-0.2, 0) is 7.05 Å². The van der Waals surface area contributed by atoms with E-state index in [4.69, 9.17) is 0 Å². The third-order valence-corrected chi connectivity index (χ3v) is 3.33. The molecule has 1 aliphatic rings. The molecule has 1 aliphatic heterocycles. The highest BCUT2D eigenvalue weighted by molar-refractivity contribution is 5.42. The van der Waals surface area contributed by atoms with Crippen LogP contribution in [0.3, 0.4) is 0 Å². The molecule has 4 heteroatoms. The van der Waals surface area contributed by atoms with Crippen molar-refractivity contribution in [3.8, 4) is 0 Å². The fourth-order valence-corrected chi connectivity index (χ4v) is 2.28. The van der Waals surface area contributed by atoms with E-state index in [1.165, 1.54) is 24.9 Å². The van der Waals surface area contributed by atoms with Crippen molar-refractivity contribution in [2.45, 2.75) is 32.2 Å². The fraction of sp³-hybridized carbons (Fsp3) is 0.750. The number of aryl methyl sites for hydroxylation is 1. The average Bonchev–Trinajstić information content (AvgIpc) is 2.65. The van der Waals surface area contributed by atoms with Crippen LogP contribution < -0.4 is 10.2 Å². The number of hydrogen-bond donors (Lipinski definition) is 1. The second kappa shape index (κ2) is 5.34. The second-order valence-corrected chi connectivity index (χ2v) is 4.56. The van der Waals surface area contributed by atoms with Crippen LogP contribution in [0, 0.1) is 0 Å². The second-order valence-electron chi connectivity index (χ2n) is 4.56. The predicted molar refractivity (Wildman–Crippen MR) is 66.7 cm³/mol. The highest BCUT2D eigenvalue weighted by Crippen LogP contribution is 2.15. The zero-order valence-corrected chi connectivity index (χ0v) is 10.3. The molecule has 0 spiro atoms. The number of nitrogens with one attached hydrogen (secondary N) is 1. The van der Waals surface area contributed by atoms with Gasteiger partial charge in [0.2, 0.25) is 0 Å². The van der Waals surface area contributed by atoms with Crippen LogP contribution in [0.15, 0.2) is 12.4 Å². The monoisotopic (exact) mass is 222 g/mol. The Balaban J connectivity index is 1.98. The summed E-state index contributed by atoms with van der Waals surface area (Å²) in [6.07, 6.45) is 7.74. The highest BCUT2D eigenvalue weighted by Gasteiger charge is 2.14. The molecule has 1 saturated heterocycles. The molecule has 0 radical (unpaired) electrons. The van der Waals surface area contributed by atoms with Crippen molar-refractivity contribution in [3.63, 3.8) is 0 Å². The molecule has 1 aromatic rings. The van der Waals surface area contributed by atoms with Gasteiger partial charge in [-0.15, -0.1) is 0 Å². The summed E-state index contributed by atoms with van der Waals surface area (Å²) in [6.45, 7) is 5.66. The molecule has 2 heterocycles. The van der Waals surface area contributed by atoms with Gasteiger partial charge in [-0.1, -0.05) is 6.92 Å². The van der Waals surface area contributed by atoms with Crippen LogP contribution >= 0.6 is 0 Å². The number of anilines is 1. The molecule has 1 fully saturated rings. The van der Waals surface area contributed by atoms with Crippen molar-refractivity contribution in [2.24, 2.45) is 7.05 Å². The van der Waals surface area contributed by atoms with Crippen molar-refractivity contribution in [1.29, 1.82) is 0 Å². The summed E-state index contributed by atoms with van der Waals surface area (Å²) in [4.78, 5) is 2.45. The lowest BCUT2D eigenvalue weighted by molar-refractivity contribution is 0.439. The Morgan fingerprint density at radius 2 is 2.38 bits per heavy atom. The summed E-state index contributed by atoms with van der Waals surface area (Å²) in [5, 5.41) is 7.85. The fourth-order valence-electron chi connectivity index (χ4n) is 2.28. The highest BCUT2D eigenvalue weighted by atomic mass is 15.3. The first-order chi connectivity index (χ1) is 7.79. The van der Waals surface area contributed by atoms with Gasteiger partial charge < -0.3 is 10.2 Å². The smallest absolute Gasteiger partial charge is 0.0752 e. The Kier molecular flexibility index (Phi) is 3.83. The molecule has 0 amide bonds. The standard InChI is InChI=1S/C12H22N4/c1-3-11-5-8-16(7-4-6-13-11)12-9-14-15(2)10-12/h9-11,13H,3-8H2,1-2H3. The summed E-state index contributed by atoms with van der Waals surface area (Å²) >= 11 is 0. The summed E-state index contributed by atoms with van der Waals surface area (Å²) in [7, 11) is 1.98. The first kappa shape index (κ1) is 11.5. The van der Waals surface area contributed by atoms with Gasteiger partial charge in [0.15, 0.2) is 0 Å². The van der Waals surface area contributed by atoms with Gasteiger partial charge in [-0.3, -0.25) is 4.68 Å². The molecular weight excluding hydrogens is 200 g/mol. The predicted octanol–water partition coefficient (Wildman–Crippen LogP) is 1.39. The number of aromatic nitrogens is 2. The molecule has 16 heavy (non-hydrogen) atoms. The molecule has 0 aliphatic carbocycles. The summed E-state index contributed by atoms with van der Waals surface area (Å²) < 4.78 is 1.88. The van der Waals surface area contributed by atoms with Crippen LogP contribution in [0.1, 0.15) is 26.2 Å². The lowest BCUT2D eigenvalue weighted by Gasteiger charge is -2.29. The Labute approximate surface area is 97.6 Å². The summed E-state index contributed by atoms with van der Waals surface area (Å²) in [5.41, 5.74) is 1.26. The first-order valence-corrected chi connectivity index (χ1v) is 6.26. The maximum atomic E-state index is 4.24. The van der Waals surface area contributed by atoms with Crippen molar-refractivity contribution < 1.29 is 0 Å². The van der Waals surface area contributed by atoms with Gasteiger partial charge in [-0.25, -0.2) is 0 Å². The topological polar surface area (TPSA) is 33.1 Å². The van der Waals surface area contributed by atoms with E-state index in [1.807, 2.05) is 17.9 Å². The molecule has 0 aromatic carbocycles. The minimum absolute atomic E-state index is 0.680. The van der Waals surface area contributed by atoms with E-state index in [2.05, 4.69) is 28.4 Å². The lowest BCUT2D eigenvalue weighted by atomic mass is 10.1. The van der Waals surface area contributed by atoms with Crippen molar-refractivity contribution in [2.75, 3.05) is 24.5 Å². The summed E-state index contributed by atoms with van der Waals surface area (Å²) in [5.74, 6) is 0. The molecule has 1 unspecified atom stereocenters. The van der Waals surface area contributed by atoms with Gasteiger partial charge in [-0.2, -0.15) is 5.10 Å². The molecule has 90 valence electrons. The van der Waals surface area contributed by atoms with Gasteiger partial charge in [0.1, 0.15) is 0 Å². The van der Waals surface area contributed by atoms with Gasteiger partial charge in [0.05, 0.1) is 11.9 Å². The Morgan fingerprint density at radius 1 is 1.50 bits per heavy atom. The van der Waals surface area contributed by atoms with Gasteiger partial charge in [0, 0.05) is 32.4 Å². The zero-order valence-electron chi connectivity index (χ0n) is 10.3. The first-order valence-electron chi connectivity index (χ1n) is 6.26. The maximum Gasteiger partial charge on any atom is 0.0752 e. The average molecular weight is 222 g/mol. The van der Waals surface area contributed by atoms with E-state index in [0.29, 0.717) is 6.04 Å². The third-order valence-electron chi connectivity index (χ3n) is 3.33. The quantitative estimate of drug-likeness (QED) is 0.821. The van der Waals surface area contributed by atoms with Gasteiger partial charge in [0.25, 0.3) is 0 Å². The van der Waals surface area contributed by atoms with E-state index in [1.54, 1.807) is 0 Å². The van der Waals surface area contributed by atoms with Crippen LogP contribution in [0.2, 0.25) is 0 Å². The minimum atomic E-state index is 0.680. The van der Waals surface area contributed by atoms with Crippen molar-refractivity contribution in [3.05, 3.63) is 12.4 Å². The molecule has 1 N–H and O–H groups in total. The number of rotatable bonds is 2. The molecule has 0 bridgehead atoms. The van der Waals surface area contributed by atoms with Gasteiger partial charge >= 0.3 is 0 Å². The molecule has 1 aromatic heterocycles. The molecule has 1 atom stereocenters.